The van der Waals surface area contributed by atoms with Gasteiger partial charge in [-0.1, -0.05) is 0 Å². The summed E-state index contributed by atoms with van der Waals surface area (Å²) in [4.78, 5) is 0. The number of hydrogen-bond acceptors (Lipinski definition) is 3. The highest BCUT2D eigenvalue weighted by Crippen LogP contribution is 2.48. The Hall–Kier alpha value is 0.00494. The van der Waals surface area contributed by atoms with E-state index in [9.17, 15) is 17.5 Å². The third-order valence-corrected chi connectivity index (χ3v) is 2.96. The van der Waals surface area contributed by atoms with E-state index >= 15 is 0 Å². The lowest BCUT2D eigenvalue weighted by Crippen LogP contribution is -2.22. The average molecular weight is 191 g/mol. The SMILES string of the molecule is COP(=O)(C[B-](F)(F)F)OC. The Morgan fingerprint density at radius 3 is 1.73 bits per heavy atom. The second-order valence-corrected chi connectivity index (χ2v) is 4.19. The third-order valence-electron chi connectivity index (χ3n) is 0.987. The first-order chi connectivity index (χ1) is 4.83. The Morgan fingerprint density at radius 1 is 1.27 bits per heavy atom. The average Bonchev–Trinajstić information content (AvgIpc) is 1.84. The van der Waals surface area contributed by atoms with Crippen LogP contribution in [0.15, 0.2) is 0 Å². The van der Waals surface area contributed by atoms with Crippen LogP contribution in [0.2, 0.25) is 0 Å². The molecule has 0 atom stereocenters. The van der Waals surface area contributed by atoms with Crippen LogP contribution in [-0.4, -0.2) is 27.3 Å². The smallest absolute Gasteiger partial charge is 0.448 e. The first-order valence-corrected chi connectivity index (χ1v) is 4.47. The summed E-state index contributed by atoms with van der Waals surface area (Å²) >= 11 is 0. The predicted octanol–water partition coefficient (Wildman–Crippen LogP) is 1.86. The molecule has 3 nitrogen and oxygen atoms in total. The van der Waals surface area contributed by atoms with Gasteiger partial charge in [-0.3, -0.25) is 4.57 Å². The minimum atomic E-state index is -5.12. The van der Waals surface area contributed by atoms with Crippen molar-refractivity contribution in [2.75, 3.05) is 20.3 Å². The van der Waals surface area contributed by atoms with Crippen molar-refractivity contribution in [3.05, 3.63) is 0 Å². The van der Waals surface area contributed by atoms with E-state index in [0.29, 0.717) is 0 Å². The molecule has 0 aliphatic rings. The molecule has 68 valence electrons. The van der Waals surface area contributed by atoms with Gasteiger partial charge in [0.15, 0.2) is 0 Å². The quantitative estimate of drug-likeness (QED) is 0.502. The number of halogens is 3. The van der Waals surface area contributed by atoms with Gasteiger partial charge in [0.2, 0.25) is 0 Å². The van der Waals surface area contributed by atoms with Gasteiger partial charge in [0.1, 0.15) is 0 Å². The molecule has 0 unspecified atom stereocenters. The van der Waals surface area contributed by atoms with Gasteiger partial charge < -0.3 is 22.0 Å². The van der Waals surface area contributed by atoms with E-state index in [1.165, 1.54) is 0 Å². The zero-order chi connectivity index (χ0) is 9.12. The van der Waals surface area contributed by atoms with Gasteiger partial charge in [-0.15, -0.1) is 0 Å². The Morgan fingerprint density at radius 2 is 1.64 bits per heavy atom. The van der Waals surface area contributed by atoms with Crippen molar-refractivity contribution >= 4 is 14.6 Å². The highest BCUT2D eigenvalue weighted by molar-refractivity contribution is 7.56. The van der Waals surface area contributed by atoms with Crippen molar-refractivity contribution in [1.82, 2.24) is 0 Å². The van der Waals surface area contributed by atoms with Crippen molar-refractivity contribution < 1.29 is 26.6 Å². The fourth-order valence-corrected chi connectivity index (χ4v) is 1.43. The molecule has 0 N–H and O–H groups in total. The maximum absolute atomic E-state index is 11.7. The molecule has 0 aromatic carbocycles. The molecule has 0 rings (SSSR count). The molecule has 0 aromatic rings. The van der Waals surface area contributed by atoms with E-state index in [0.717, 1.165) is 14.2 Å². The summed E-state index contributed by atoms with van der Waals surface area (Å²) in [6, 6.07) is -1.49. The lowest BCUT2D eigenvalue weighted by atomic mass is 9.98. The van der Waals surface area contributed by atoms with Gasteiger partial charge in [0, 0.05) is 20.3 Å². The summed E-state index contributed by atoms with van der Waals surface area (Å²) in [5.74, 6) is 0. The maximum Gasteiger partial charge on any atom is 0.490 e. The van der Waals surface area contributed by atoms with Crippen molar-refractivity contribution in [3.63, 3.8) is 0 Å². The molecule has 0 heterocycles. The first-order valence-electron chi connectivity index (χ1n) is 2.74. The molecule has 0 aliphatic carbocycles. The van der Waals surface area contributed by atoms with E-state index in [1.807, 2.05) is 0 Å². The molecule has 0 aromatic heterocycles. The van der Waals surface area contributed by atoms with Crippen LogP contribution >= 0.6 is 7.60 Å². The fraction of sp³-hybridized carbons (Fsp3) is 1.00. The first kappa shape index (κ1) is 11.0. The van der Waals surface area contributed by atoms with Crippen LogP contribution < -0.4 is 0 Å². The molecule has 11 heavy (non-hydrogen) atoms. The molecule has 0 spiro atoms. The summed E-state index contributed by atoms with van der Waals surface area (Å²) in [5.41, 5.74) is 0. The molecule has 8 heteroatoms. The minimum Gasteiger partial charge on any atom is -0.448 e. The molecular weight excluding hydrogens is 183 g/mol. The monoisotopic (exact) mass is 191 g/mol. The fourth-order valence-electron chi connectivity index (χ4n) is 0.477. The Bertz CT molecular complexity index is 162. The molecule has 0 amide bonds. The molecule has 0 radical (unpaired) electrons. The zero-order valence-electron chi connectivity index (χ0n) is 6.09. The Labute approximate surface area is 62.5 Å². The highest BCUT2D eigenvalue weighted by atomic mass is 31.2. The highest BCUT2D eigenvalue weighted by Gasteiger charge is 2.35. The van der Waals surface area contributed by atoms with Crippen molar-refractivity contribution in [2.45, 2.75) is 0 Å². The Kier molecular flexibility index (Phi) is 3.60. The second kappa shape index (κ2) is 3.60. The minimum absolute atomic E-state index is 0.923. The van der Waals surface area contributed by atoms with E-state index in [-0.39, 0.29) is 0 Å². The van der Waals surface area contributed by atoms with Crippen LogP contribution in [0.1, 0.15) is 0 Å². The third kappa shape index (κ3) is 4.45. The van der Waals surface area contributed by atoms with Crippen LogP contribution in [0.3, 0.4) is 0 Å². The van der Waals surface area contributed by atoms with Gasteiger partial charge in [-0.2, -0.15) is 0 Å². The summed E-state index contributed by atoms with van der Waals surface area (Å²) < 4.78 is 54.0. The lowest BCUT2D eigenvalue weighted by molar-refractivity contribution is 0.276. The van der Waals surface area contributed by atoms with Crippen LogP contribution in [0.4, 0.5) is 12.9 Å². The van der Waals surface area contributed by atoms with Gasteiger partial charge in [0.25, 0.3) is 0 Å². The van der Waals surface area contributed by atoms with Crippen molar-refractivity contribution in [1.29, 1.82) is 0 Å². The predicted molar refractivity (Wildman–Crippen MR) is 35.6 cm³/mol. The standard InChI is InChI=1S/C3H8BF3O3P/c1-9-11(8,10-2)3-4(5,6)7/h3H2,1-2H3/q-1. The summed E-state index contributed by atoms with van der Waals surface area (Å²) in [6.45, 7) is -5.12. The van der Waals surface area contributed by atoms with E-state index in [4.69, 9.17) is 0 Å². The molecular formula is C3H8BF3O3P-. The van der Waals surface area contributed by atoms with Gasteiger partial charge in [0.05, 0.1) is 0 Å². The Balaban J connectivity index is 4.21. The van der Waals surface area contributed by atoms with Gasteiger partial charge in [-0.05, 0) is 0 Å². The van der Waals surface area contributed by atoms with Crippen LogP contribution in [0.25, 0.3) is 0 Å². The van der Waals surface area contributed by atoms with Crippen molar-refractivity contribution in [3.8, 4) is 0 Å². The summed E-state index contributed by atoms with van der Waals surface area (Å²) in [6.07, 6.45) is 0. The molecule has 0 bridgehead atoms. The largest absolute Gasteiger partial charge is 0.490 e. The summed E-state index contributed by atoms with van der Waals surface area (Å²) in [7, 11) is -2.05. The van der Waals surface area contributed by atoms with Crippen molar-refractivity contribution in [2.24, 2.45) is 0 Å². The topological polar surface area (TPSA) is 35.5 Å². The molecule has 0 saturated carbocycles. The normalized spacial score (nSPS) is 13.5. The molecule has 0 aliphatic heterocycles. The summed E-state index contributed by atoms with van der Waals surface area (Å²) in [5, 5.41) is 0. The van der Waals surface area contributed by atoms with E-state index < -0.39 is 20.6 Å². The number of hydrogen-bond donors (Lipinski definition) is 0. The zero-order valence-corrected chi connectivity index (χ0v) is 6.98. The van der Waals surface area contributed by atoms with Gasteiger partial charge >= 0.3 is 14.6 Å². The van der Waals surface area contributed by atoms with E-state index in [1.54, 1.807) is 0 Å². The lowest BCUT2D eigenvalue weighted by Gasteiger charge is -2.19. The molecule has 0 saturated heterocycles. The van der Waals surface area contributed by atoms with Crippen LogP contribution in [-0.2, 0) is 13.6 Å². The van der Waals surface area contributed by atoms with Crippen LogP contribution in [0, 0.1) is 0 Å². The molecule has 0 fully saturated rings. The van der Waals surface area contributed by atoms with Gasteiger partial charge in [-0.25, -0.2) is 0 Å². The second-order valence-electron chi connectivity index (χ2n) is 1.87. The maximum atomic E-state index is 11.7. The number of rotatable bonds is 4. The van der Waals surface area contributed by atoms with Crippen LogP contribution in [0.5, 0.6) is 0 Å². The van der Waals surface area contributed by atoms with E-state index in [2.05, 4.69) is 9.05 Å².